The normalized spacial score (nSPS) is 25.8. The molecule has 2 rings (SSSR count). The van der Waals surface area contributed by atoms with E-state index in [1.165, 1.54) is 0 Å². The van der Waals surface area contributed by atoms with E-state index in [4.69, 9.17) is 21.6 Å². The van der Waals surface area contributed by atoms with Crippen LogP contribution in [0, 0.1) is 16.7 Å². The minimum absolute atomic E-state index is 0.141. The van der Waals surface area contributed by atoms with Gasteiger partial charge in [0.15, 0.2) is 0 Å². The van der Waals surface area contributed by atoms with Crippen LogP contribution in [-0.4, -0.2) is 30.3 Å². The van der Waals surface area contributed by atoms with Crippen LogP contribution in [0.25, 0.3) is 0 Å². The number of benzene rings is 1. The van der Waals surface area contributed by atoms with Gasteiger partial charge in [0.05, 0.1) is 30.5 Å². The Balaban J connectivity index is 2.29. The SMILES string of the molecule is CC1(C(=O)O)COCC1Nc1cc(Cl)ccc1C#N. The third kappa shape index (κ3) is 2.50. The molecule has 1 aromatic rings. The zero-order chi connectivity index (χ0) is 14.0. The number of anilines is 1. The van der Waals surface area contributed by atoms with Crippen LogP contribution in [0.5, 0.6) is 0 Å². The van der Waals surface area contributed by atoms with Gasteiger partial charge in [-0.25, -0.2) is 0 Å². The molecule has 1 heterocycles. The third-order valence-corrected chi connectivity index (χ3v) is 3.61. The van der Waals surface area contributed by atoms with Crippen molar-refractivity contribution in [2.45, 2.75) is 13.0 Å². The van der Waals surface area contributed by atoms with E-state index in [1.54, 1.807) is 25.1 Å². The number of rotatable bonds is 3. The molecule has 2 unspecified atom stereocenters. The maximum Gasteiger partial charge on any atom is 0.313 e. The number of halogens is 1. The smallest absolute Gasteiger partial charge is 0.313 e. The molecule has 0 spiro atoms. The predicted octanol–water partition coefficient (Wildman–Crippen LogP) is 2.11. The van der Waals surface area contributed by atoms with Crippen LogP contribution in [0.15, 0.2) is 18.2 Å². The fraction of sp³-hybridized carbons (Fsp3) is 0.385. The van der Waals surface area contributed by atoms with E-state index in [-0.39, 0.29) is 13.2 Å². The number of carboxylic acid groups (broad SMARTS) is 1. The molecule has 0 amide bonds. The van der Waals surface area contributed by atoms with Crippen LogP contribution in [0.4, 0.5) is 5.69 Å². The molecule has 0 aliphatic carbocycles. The Morgan fingerprint density at radius 2 is 2.42 bits per heavy atom. The number of nitrogens with one attached hydrogen (secondary N) is 1. The Bertz CT molecular complexity index is 555. The highest BCUT2D eigenvalue weighted by molar-refractivity contribution is 6.30. The molecule has 19 heavy (non-hydrogen) atoms. The fourth-order valence-corrected chi connectivity index (χ4v) is 2.18. The van der Waals surface area contributed by atoms with Crippen molar-refractivity contribution in [3.63, 3.8) is 0 Å². The molecule has 1 aliphatic rings. The second-order valence-electron chi connectivity index (χ2n) is 4.74. The number of ether oxygens (including phenoxy) is 1. The standard InChI is InChI=1S/C13H13ClN2O3/c1-13(12(17)18)7-19-6-11(13)16-10-4-9(14)3-2-8(10)5-15/h2-4,11,16H,6-7H2,1H3,(H,17,18). The highest BCUT2D eigenvalue weighted by Crippen LogP contribution is 2.32. The van der Waals surface area contributed by atoms with Gasteiger partial charge in [-0.15, -0.1) is 0 Å². The Hall–Kier alpha value is -1.77. The summed E-state index contributed by atoms with van der Waals surface area (Å²) in [7, 11) is 0. The van der Waals surface area contributed by atoms with Crippen molar-refractivity contribution in [2.24, 2.45) is 5.41 Å². The van der Waals surface area contributed by atoms with Gasteiger partial charge in [0.2, 0.25) is 0 Å². The first-order valence-electron chi connectivity index (χ1n) is 5.74. The van der Waals surface area contributed by atoms with Crippen molar-refractivity contribution >= 4 is 23.3 Å². The summed E-state index contributed by atoms with van der Waals surface area (Å²) in [5.74, 6) is -0.928. The highest BCUT2D eigenvalue weighted by atomic mass is 35.5. The molecule has 0 radical (unpaired) electrons. The molecule has 1 fully saturated rings. The Morgan fingerprint density at radius 1 is 1.68 bits per heavy atom. The largest absolute Gasteiger partial charge is 0.481 e. The summed E-state index contributed by atoms with van der Waals surface area (Å²) < 4.78 is 5.25. The van der Waals surface area contributed by atoms with Crippen molar-refractivity contribution < 1.29 is 14.6 Å². The molecule has 2 atom stereocenters. The van der Waals surface area contributed by atoms with Gasteiger partial charge in [0, 0.05) is 5.02 Å². The lowest BCUT2D eigenvalue weighted by Crippen LogP contribution is -2.43. The molecule has 0 aromatic heterocycles. The van der Waals surface area contributed by atoms with Gasteiger partial charge in [0.25, 0.3) is 0 Å². The quantitative estimate of drug-likeness (QED) is 0.886. The van der Waals surface area contributed by atoms with Gasteiger partial charge in [-0.1, -0.05) is 11.6 Å². The Labute approximate surface area is 115 Å². The van der Waals surface area contributed by atoms with Crippen molar-refractivity contribution in [3.05, 3.63) is 28.8 Å². The van der Waals surface area contributed by atoms with E-state index in [2.05, 4.69) is 5.32 Å². The molecular weight excluding hydrogens is 268 g/mol. The second kappa shape index (κ2) is 5.08. The molecule has 0 saturated carbocycles. The lowest BCUT2D eigenvalue weighted by molar-refractivity contribution is -0.148. The first-order valence-corrected chi connectivity index (χ1v) is 6.12. The molecule has 1 aliphatic heterocycles. The molecule has 0 bridgehead atoms. The number of nitriles is 1. The third-order valence-electron chi connectivity index (χ3n) is 3.38. The number of aliphatic carboxylic acids is 1. The van der Waals surface area contributed by atoms with Gasteiger partial charge in [-0.05, 0) is 25.1 Å². The van der Waals surface area contributed by atoms with Gasteiger partial charge in [0.1, 0.15) is 11.5 Å². The molecule has 1 saturated heterocycles. The van der Waals surface area contributed by atoms with Crippen LogP contribution in [0.2, 0.25) is 5.02 Å². The zero-order valence-corrected chi connectivity index (χ0v) is 11.1. The van der Waals surface area contributed by atoms with Gasteiger partial charge < -0.3 is 15.2 Å². The number of nitrogens with zero attached hydrogens (tertiary/aromatic N) is 1. The number of carbonyl (C=O) groups is 1. The fourth-order valence-electron chi connectivity index (χ4n) is 2.01. The minimum atomic E-state index is -1.02. The molecule has 1 aromatic carbocycles. The monoisotopic (exact) mass is 280 g/mol. The lowest BCUT2D eigenvalue weighted by Gasteiger charge is -2.26. The molecule has 2 N–H and O–H groups in total. The second-order valence-corrected chi connectivity index (χ2v) is 5.17. The number of hydrogen-bond acceptors (Lipinski definition) is 4. The minimum Gasteiger partial charge on any atom is -0.481 e. The van der Waals surface area contributed by atoms with E-state index in [0.717, 1.165) is 0 Å². The van der Waals surface area contributed by atoms with Crippen molar-refractivity contribution in [2.75, 3.05) is 18.5 Å². The summed E-state index contributed by atoms with van der Waals surface area (Å²) in [6.45, 7) is 2.04. The topological polar surface area (TPSA) is 82.3 Å². The average Bonchev–Trinajstić information content (AvgIpc) is 2.73. The van der Waals surface area contributed by atoms with Gasteiger partial charge in [-0.2, -0.15) is 5.26 Å². The summed E-state index contributed by atoms with van der Waals surface area (Å²) >= 11 is 5.90. The van der Waals surface area contributed by atoms with Crippen LogP contribution in [0.3, 0.4) is 0 Å². The number of hydrogen-bond donors (Lipinski definition) is 2. The highest BCUT2D eigenvalue weighted by Gasteiger charge is 2.46. The van der Waals surface area contributed by atoms with Crippen LogP contribution in [-0.2, 0) is 9.53 Å². The van der Waals surface area contributed by atoms with E-state index in [0.29, 0.717) is 16.3 Å². The van der Waals surface area contributed by atoms with E-state index < -0.39 is 17.4 Å². The summed E-state index contributed by atoms with van der Waals surface area (Å²) in [4.78, 5) is 11.3. The lowest BCUT2D eigenvalue weighted by atomic mass is 9.85. The van der Waals surface area contributed by atoms with Crippen molar-refractivity contribution in [3.8, 4) is 6.07 Å². The molecular formula is C13H13ClN2O3. The maximum absolute atomic E-state index is 11.3. The predicted molar refractivity (Wildman–Crippen MR) is 70.1 cm³/mol. The average molecular weight is 281 g/mol. The summed E-state index contributed by atoms with van der Waals surface area (Å²) in [5.41, 5.74) is -0.0725. The van der Waals surface area contributed by atoms with Gasteiger partial charge >= 0.3 is 5.97 Å². The van der Waals surface area contributed by atoms with Crippen molar-refractivity contribution in [1.29, 1.82) is 5.26 Å². The van der Waals surface area contributed by atoms with E-state index in [9.17, 15) is 9.90 Å². The zero-order valence-electron chi connectivity index (χ0n) is 10.3. The van der Waals surface area contributed by atoms with E-state index >= 15 is 0 Å². The van der Waals surface area contributed by atoms with Crippen LogP contribution < -0.4 is 5.32 Å². The Kier molecular flexibility index (Phi) is 3.65. The summed E-state index contributed by atoms with van der Waals surface area (Å²) in [6, 6.07) is 6.46. The molecule has 6 heteroatoms. The molecule has 5 nitrogen and oxygen atoms in total. The van der Waals surface area contributed by atoms with Gasteiger partial charge in [-0.3, -0.25) is 4.79 Å². The molecule has 100 valence electrons. The Morgan fingerprint density at radius 3 is 3.05 bits per heavy atom. The maximum atomic E-state index is 11.3. The first-order chi connectivity index (χ1) is 8.97. The van der Waals surface area contributed by atoms with Crippen LogP contribution >= 0.6 is 11.6 Å². The van der Waals surface area contributed by atoms with Crippen LogP contribution in [0.1, 0.15) is 12.5 Å². The summed E-state index contributed by atoms with van der Waals surface area (Å²) in [5, 5.41) is 21.9. The number of carboxylic acids is 1. The summed E-state index contributed by atoms with van der Waals surface area (Å²) in [6.07, 6.45) is 0. The first kappa shape index (κ1) is 13.7. The van der Waals surface area contributed by atoms with E-state index in [1.807, 2.05) is 6.07 Å². The van der Waals surface area contributed by atoms with Crippen molar-refractivity contribution in [1.82, 2.24) is 0 Å².